The summed E-state index contributed by atoms with van der Waals surface area (Å²) in [5.41, 5.74) is -0.449. The highest BCUT2D eigenvalue weighted by atomic mass is 16.5. The molecule has 1 N–H and O–H groups in total. The molecule has 2 fully saturated rings. The van der Waals surface area contributed by atoms with Crippen molar-refractivity contribution in [1.29, 1.82) is 0 Å². The van der Waals surface area contributed by atoms with Crippen molar-refractivity contribution < 1.29 is 14.6 Å². The molecular weight excluding hydrogens is 228 g/mol. The molecule has 0 spiro atoms. The van der Waals surface area contributed by atoms with Crippen molar-refractivity contribution >= 4 is 5.97 Å². The highest BCUT2D eigenvalue weighted by Gasteiger charge is 2.48. The van der Waals surface area contributed by atoms with Gasteiger partial charge >= 0.3 is 5.97 Å². The lowest BCUT2D eigenvalue weighted by Crippen LogP contribution is -2.44. The number of carbonyl (C=O) groups is 1. The number of carboxylic acid groups (broad SMARTS) is 1. The first-order valence-corrected chi connectivity index (χ1v) is 7.37. The fourth-order valence-electron chi connectivity index (χ4n) is 3.87. The molecule has 1 heterocycles. The highest BCUT2D eigenvalue weighted by molar-refractivity contribution is 5.75. The molecule has 3 heteroatoms. The van der Waals surface area contributed by atoms with Crippen LogP contribution in [0.3, 0.4) is 0 Å². The first kappa shape index (κ1) is 13.9. The molecule has 1 aliphatic carbocycles. The van der Waals surface area contributed by atoms with E-state index in [9.17, 15) is 9.90 Å². The molecule has 104 valence electrons. The second-order valence-corrected chi connectivity index (χ2v) is 6.43. The van der Waals surface area contributed by atoms with Gasteiger partial charge in [-0.25, -0.2) is 0 Å². The quantitative estimate of drug-likeness (QED) is 0.840. The average Bonchev–Trinajstić information content (AvgIpc) is 2.39. The van der Waals surface area contributed by atoms with E-state index < -0.39 is 11.4 Å². The van der Waals surface area contributed by atoms with Crippen molar-refractivity contribution in [3.05, 3.63) is 0 Å². The van der Waals surface area contributed by atoms with Gasteiger partial charge in [-0.2, -0.15) is 0 Å². The molecular formula is C15H26O3. The maximum absolute atomic E-state index is 11.8. The summed E-state index contributed by atoms with van der Waals surface area (Å²) < 4.78 is 5.38. The fraction of sp³-hybridized carbons (Fsp3) is 0.933. The van der Waals surface area contributed by atoms with Gasteiger partial charge in [0.1, 0.15) is 0 Å². The van der Waals surface area contributed by atoms with Gasteiger partial charge in [0.15, 0.2) is 0 Å². The number of aliphatic carboxylic acids is 1. The van der Waals surface area contributed by atoms with Crippen LogP contribution in [0, 0.1) is 23.2 Å². The third-order valence-corrected chi connectivity index (χ3v) is 5.29. The summed E-state index contributed by atoms with van der Waals surface area (Å²) in [5, 5.41) is 9.73. The smallest absolute Gasteiger partial charge is 0.309 e. The molecule has 0 unspecified atom stereocenters. The summed E-state index contributed by atoms with van der Waals surface area (Å²) in [7, 11) is 0. The Hall–Kier alpha value is -0.570. The summed E-state index contributed by atoms with van der Waals surface area (Å²) in [6, 6.07) is 0. The van der Waals surface area contributed by atoms with E-state index in [1.807, 2.05) is 0 Å². The summed E-state index contributed by atoms with van der Waals surface area (Å²) in [6.07, 6.45) is 5.77. The zero-order valence-corrected chi connectivity index (χ0v) is 11.7. The van der Waals surface area contributed by atoms with Crippen LogP contribution in [0.2, 0.25) is 0 Å². The van der Waals surface area contributed by atoms with Gasteiger partial charge < -0.3 is 9.84 Å². The Bertz CT molecular complexity index is 284. The summed E-state index contributed by atoms with van der Waals surface area (Å²) >= 11 is 0. The van der Waals surface area contributed by atoms with Gasteiger partial charge in [-0.3, -0.25) is 4.79 Å². The molecule has 2 aliphatic rings. The summed E-state index contributed by atoms with van der Waals surface area (Å²) in [4.78, 5) is 11.8. The third-order valence-electron chi connectivity index (χ3n) is 5.29. The van der Waals surface area contributed by atoms with E-state index in [0.29, 0.717) is 11.8 Å². The van der Waals surface area contributed by atoms with E-state index in [1.165, 1.54) is 0 Å². The Labute approximate surface area is 110 Å². The Balaban J connectivity index is 2.07. The molecule has 0 aromatic carbocycles. The number of hydrogen-bond donors (Lipinski definition) is 1. The largest absolute Gasteiger partial charge is 0.481 e. The van der Waals surface area contributed by atoms with Crippen LogP contribution in [0.15, 0.2) is 0 Å². The number of rotatable bonds is 3. The van der Waals surface area contributed by atoms with Gasteiger partial charge in [0.25, 0.3) is 0 Å². The zero-order valence-electron chi connectivity index (χ0n) is 11.7. The molecule has 1 saturated carbocycles. The van der Waals surface area contributed by atoms with Gasteiger partial charge in [0, 0.05) is 13.2 Å². The maximum atomic E-state index is 11.8. The van der Waals surface area contributed by atoms with Gasteiger partial charge in [-0.1, -0.05) is 13.8 Å². The summed E-state index contributed by atoms with van der Waals surface area (Å²) in [6.45, 7) is 6.00. The molecule has 18 heavy (non-hydrogen) atoms. The van der Waals surface area contributed by atoms with Crippen molar-refractivity contribution in [3.63, 3.8) is 0 Å². The summed E-state index contributed by atoms with van der Waals surface area (Å²) in [5.74, 6) is 1.18. The molecule has 0 aromatic heterocycles. The number of carboxylic acids is 1. The first-order valence-electron chi connectivity index (χ1n) is 7.37. The van der Waals surface area contributed by atoms with E-state index in [4.69, 9.17) is 4.74 Å². The van der Waals surface area contributed by atoms with Gasteiger partial charge in [0.2, 0.25) is 0 Å². The Morgan fingerprint density at radius 1 is 1.17 bits per heavy atom. The minimum Gasteiger partial charge on any atom is -0.481 e. The fourth-order valence-corrected chi connectivity index (χ4v) is 3.87. The van der Waals surface area contributed by atoms with Crippen molar-refractivity contribution in [2.75, 3.05) is 13.2 Å². The number of hydrogen-bond acceptors (Lipinski definition) is 2. The van der Waals surface area contributed by atoms with E-state index in [-0.39, 0.29) is 0 Å². The van der Waals surface area contributed by atoms with Crippen LogP contribution in [0.5, 0.6) is 0 Å². The van der Waals surface area contributed by atoms with Crippen LogP contribution in [0.1, 0.15) is 52.4 Å². The predicted octanol–water partition coefficient (Wildman–Crippen LogP) is 3.33. The van der Waals surface area contributed by atoms with E-state index in [0.717, 1.165) is 57.7 Å². The van der Waals surface area contributed by atoms with Gasteiger partial charge in [-0.05, 0) is 56.3 Å². The average molecular weight is 254 g/mol. The molecule has 0 atom stereocenters. The Kier molecular flexibility index (Phi) is 4.31. The van der Waals surface area contributed by atoms with Crippen molar-refractivity contribution in [2.45, 2.75) is 52.4 Å². The van der Waals surface area contributed by atoms with Crippen molar-refractivity contribution in [2.24, 2.45) is 23.2 Å². The molecule has 1 aliphatic heterocycles. The van der Waals surface area contributed by atoms with Gasteiger partial charge in [-0.15, -0.1) is 0 Å². The molecule has 0 amide bonds. The lowest BCUT2D eigenvalue weighted by Gasteiger charge is -2.44. The van der Waals surface area contributed by atoms with Crippen LogP contribution < -0.4 is 0 Å². The van der Waals surface area contributed by atoms with E-state index in [2.05, 4.69) is 13.8 Å². The maximum Gasteiger partial charge on any atom is 0.309 e. The topological polar surface area (TPSA) is 46.5 Å². The molecule has 2 rings (SSSR count). The van der Waals surface area contributed by atoms with E-state index in [1.54, 1.807) is 0 Å². The lowest BCUT2D eigenvalue weighted by atomic mass is 9.60. The normalized spacial score (nSPS) is 34.7. The van der Waals surface area contributed by atoms with Crippen LogP contribution in [-0.2, 0) is 9.53 Å². The molecule has 0 bridgehead atoms. The standard InChI is InChI=1S/C15H26O3/c1-11(2)12-3-7-15(8-4-12,14(16)17)13-5-9-18-10-6-13/h11-13H,3-10H2,1-2H3,(H,16,17). The lowest BCUT2D eigenvalue weighted by molar-refractivity contribution is -0.159. The SMILES string of the molecule is CC(C)C1CCC(C(=O)O)(C2CCOCC2)CC1. The molecule has 3 nitrogen and oxygen atoms in total. The van der Waals surface area contributed by atoms with Crippen LogP contribution in [0.4, 0.5) is 0 Å². The second-order valence-electron chi connectivity index (χ2n) is 6.43. The first-order chi connectivity index (χ1) is 8.56. The monoisotopic (exact) mass is 254 g/mol. The van der Waals surface area contributed by atoms with Crippen LogP contribution in [0.25, 0.3) is 0 Å². The van der Waals surface area contributed by atoms with Crippen LogP contribution in [-0.4, -0.2) is 24.3 Å². The molecule has 1 saturated heterocycles. The Morgan fingerprint density at radius 3 is 2.17 bits per heavy atom. The number of ether oxygens (including phenoxy) is 1. The second kappa shape index (κ2) is 5.60. The minimum absolute atomic E-state index is 0.330. The minimum atomic E-state index is -0.559. The van der Waals surface area contributed by atoms with Crippen LogP contribution >= 0.6 is 0 Å². The molecule has 0 radical (unpaired) electrons. The molecule has 0 aromatic rings. The van der Waals surface area contributed by atoms with Crippen molar-refractivity contribution in [3.8, 4) is 0 Å². The third kappa shape index (κ3) is 2.56. The van der Waals surface area contributed by atoms with Gasteiger partial charge in [0.05, 0.1) is 5.41 Å². The Morgan fingerprint density at radius 2 is 1.72 bits per heavy atom. The zero-order chi connectivity index (χ0) is 13.2. The van der Waals surface area contributed by atoms with E-state index >= 15 is 0 Å². The van der Waals surface area contributed by atoms with Crippen molar-refractivity contribution in [1.82, 2.24) is 0 Å². The predicted molar refractivity (Wildman–Crippen MR) is 70.4 cm³/mol. The highest BCUT2D eigenvalue weighted by Crippen LogP contribution is 2.49.